The van der Waals surface area contributed by atoms with E-state index in [0.717, 1.165) is 53.7 Å². The molecule has 1 fully saturated rings. The van der Waals surface area contributed by atoms with Crippen LogP contribution in [0.2, 0.25) is 5.02 Å². The summed E-state index contributed by atoms with van der Waals surface area (Å²) < 4.78 is 34.7. The van der Waals surface area contributed by atoms with Gasteiger partial charge in [-0.1, -0.05) is 23.7 Å². The van der Waals surface area contributed by atoms with Gasteiger partial charge in [-0.15, -0.1) is 0 Å². The average molecular weight is 527 g/mol. The van der Waals surface area contributed by atoms with Crippen molar-refractivity contribution in [2.24, 2.45) is 0 Å². The van der Waals surface area contributed by atoms with E-state index in [1.54, 1.807) is 12.3 Å². The second-order valence-electron chi connectivity index (χ2n) is 7.92. The molecule has 0 atom stereocenters. The largest absolute Gasteiger partial charge is 0.495 e. The molecule has 9 heteroatoms. The molecular formula is C22H25BrClN3O3S. The number of aromatic nitrogens is 1. The molecule has 0 spiro atoms. The molecule has 0 saturated carbocycles. The van der Waals surface area contributed by atoms with Crippen molar-refractivity contribution in [2.75, 3.05) is 40.3 Å². The summed E-state index contributed by atoms with van der Waals surface area (Å²) in [6.07, 6.45) is 1.61. The maximum atomic E-state index is 13.6. The molecule has 0 aliphatic carbocycles. The lowest BCUT2D eigenvalue weighted by Crippen LogP contribution is -2.43. The number of fused-ring (bicyclic) bond motifs is 1. The van der Waals surface area contributed by atoms with Crippen molar-refractivity contribution in [1.82, 2.24) is 13.8 Å². The number of piperazine rings is 1. The van der Waals surface area contributed by atoms with Crippen LogP contribution in [0.25, 0.3) is 10.9 Å². The molecule has 1 aliphatic heterocycles. The van der Waals surface area contributed by atoms with Gasteiger partial charge < -0.3 is 9.64 Å². The minimum absolute atomic E-state index is 0.0412. The van der Waals surface area contributed by atoms with Crippen molar-refractivity contribution >= 4 is 48.5 Å². The van der Waals surface area contributed by atoms with Gasteiger partial charge in [-0.25, -0.2) is 12.4 Å². The van der Waals surface area contributed by atoms with E-state index >= 15 is 0 Å². The lowest BCUT2D eigenvalue weighted by atomic mass is 10.1. The van der Waals surface area contributed by atoms with E-state index in [4.69, 9.17) is 16.3 Å². The first-order chi connectivity index (χ1) is 14.7. The van der Waals surface area contributed by atoms with E-state index in [9.17, 15) is 8.42 Å². The molecule has 0 bridgehead atoms. The van der Waals surface area contributed by atoms with Crippen LogP contribution in [-0.4, -0.2) is 62.5 Å². The molecule has 0 radical (unpaired) electrons. The molecule has 1 aromatic heterocycles. The Labute approximate surface area is 196 Å². The molecule has 0 unspecified atom stereocenters. The first kappa shape index (κ1) is 22.6. The highest BCUT2D eigenvalue weighted by Crippen LogP contribution is 2.36. The molecule has 2 aromatic carbocycles. The van der Waals surface area contributed by atoms with Crippen molar-refractivity contribution < 1.29 is 13.2 Å². The summed E-state index contributed by atoms with van der Waals surface area (Å²) in [5, 5.41) is 1.29. The molecule has 0 N–H and O–H groups in total. The highest BCUT2D eigenvalue weighted by Gasteiger charge is 2.27. The molecular weight excluding hydrogens is 502 g/mol. The Bertz CT molecular complexity index is 1230. The number of likely N-dealkylation sites (N-methyl/N-ethyl adjacent to an activating group) is 1. The Morgan fingerprint density at radius 3 is 2.55 bits per heavy atom. The number of ether oxygens (including phenoxy) is 1. The van der Waals surface area contributed by atoms with Gasteiger partial charge in [-0.05, 0) is 59.2 Å². The minimum atomic E-state index is -3.93. The van der Waals surface area contributed by atoms with E-state index in [-0.39, 0.29) is 10.6 Å². The van der Waals surface area contributed by atoms with Gasteiger partial charge in [0.05, 0.1) is 12.6 Å². The Balaban J connectivity index is 1.80. The average Bonchev–Trinajstić information content (AvgIpc) is 3.09. The van der Waals surface area contributed by atoms with E-state index in [2.05, 4.69) is 38.8 Å². The second-order valence-corrected chi connectivity index (χ2v) is 11.0. The van der Waals surface area contributed by atoms with Crippen molar-refractivity contribution in [3.63, 3.8) is 0 Å². The van der Waals surface area contributed by atoms with Crippen molar-refractivity contribution in [2.45, 2.75) is 18.4 Å². The van der Waals surface area contributed by atoms with Crippen LogP contribution in [0.5, 0.6) is 5.75 Å². The van der Waals surface area contributed by atoms with Crippen LogP contribution >= 0.6 is 27.5 Å². The summed E-state index contributed by atoms with van der Waals surface area (Å²) in [5.41, 5.74) is 2.47. The van der Waals surface area contributed by atoms with Crippen LogP contribution in [0.3, 0.4) is 0 Å². The number of methoxy groups -OCH3 is 1. The van der Waals surface area contributed by atoms with Crippen LogP contribution in [0.1, 0.15) is 11.1 Å². The molecule has 1 aliphatic rings. The first-order valence-corrected chi connectivity index (χ1v) is 12.6. The zero-order valence-electron chi connectivity index (χ0n) is 17.7. The Hall–Kier alpha value is -1.58. The van der Waals surface area contributed by atoms with Crippen molar-refractivity contribution in [1.29, 1.82) is 0 Å². The number of nitrogens with zero attached hydrogens (tertiary/aromatic N) is 3. The number of hydrogen-bond acceptors (Lipinski definition) is 5. The standard InChI is InChI=1S/C22H25BrClN3O3S/c1-15-11-20(30-3)21(12-18(15)24)31(28,29)27-14-17(23)22-16(5-4-6-19(22)27)13-26-9-7-25(2)8-10-26/h4-6,11-12,14H,7-10,13H2,1-3H3. The van der Waals surface area contributed by atoms with Gasteiger partial charge in [0.15, 0.2) is 0 Å². The maximum Gasteiger partial charge on any atom is 0.271 e. The smallest absolute Gasteiger partial charge is 0.271 e. The van der Waals surface area contributed by atoms with Gasteiger partial charge in [0, 0.05) is 53.8 Å². The maximum absolute atomic E-state index is 13.6. The Kier molecular flexibility index (Phi) is 6.38. The summed E-state index contributed by atoms with van der Waals surface area (Å²) in [7, 11) is -0.339. The zero-order chi connectivity index (χ0) is 22.3. The number of hydrogen-bond donors (Lipinski definition) is 0. The molecule has 2 heterocycles. The molecule has 1 saturated heterocycles. The molecule has 6 nitrogen and oxygen atoms in total. The quantitative estimate of drug-likeness (QED) is 0.494. The third-order valence-corrected chi connectivity index (χ3v) is 8.51. The van der Waals surface area contributed by atoms with E-state index in [0.29, 0.717) is 10.5 Å². The first-order valence-electron chi connectivity index (χ1n) is 10.0. The van der Waals surface area contributed by atoms with Gasteiger partial charge in [-0.3, -0.25) is 4.90 Å². The van der Waals surface area contributed by atoms with E-state index in [1.165, 1.54) is 17.1 Å². The van der Waals surface area contributed by atoms with Gasteiger partial charge in [0.25, 0.3) is 10.0 Å². The summed E-state index contributed by atoms with van der Waals surface area (Å²) in [4.78, 5) is 4.76. The van der Waals surface area contributed by atoms with Crippen LogP contribution < -0.4 is 4.74 Å². The third kappa shape index (κ3) is 4.24. The predicted octanol–water partition coefficient (Wildman–Crippen LogP) is 4.36. The molecule has 31 heavy (non-hydrogen) atoms. The number of benzene rings is 2. The summed E-state index contributed by atoms with van der Waals surface area (Å²) in [6, 6.07) is 8.90. The highest BCUT2D eigenvalue weighted by atomic mass is 79.9. The number of aryl methyl sites for hydroxylation is 1. The minimum Gasteiger partial charge on any atom is -0.495 e. The summed E-state index contributed by atoms with van der Waals surface area (Å²) in [6.45, 7) is 6.62. The highest BCUT2D eigenvalue weighted by molar-refractivity contribution is 9.10. The third-order valence-electron chi connectivity index (χ3n) is 5.81. The molecule has 166 valence electrons. The molecule has 4 rings (SSSR count). The number of rotatable bonds is 5. The Morgan fingerprint density at radius 2 is 1.87 bits per heavy atom. The van der Waals surface area contributed by atoms with Gasteiger partial charge >= 0.3 is 0 Å². The second kappa shape index (κ2) is 8.75. The fourth-order valence-electron chi connectivity index (χ4n) is 3.96. The summed E-state index contributed by atoms with van der Waals surface area (Å²) in [5.74, 6) is 0.272. The van der Waals surface area contributed by atoms with Crippen LogP contribution in [0.15, 0.2) is 45.9 Å². The van der Waals surface area contributed by atoms with Crippen LogP contribution in [0.4, 0.5) is 0 Å². The molecule has 3 aromatic rings. The SMILES string of the molecule is COc1cc(C)c(Cl)cc1S(=O)(=O)n1cc(Br)c2c(CN3CCN(C)CC3)cccc21. The number of halogens is 2. The monoisotopic (exact) mass is 525 g/mol. The predicted molar refractivity (Wildman–Crippen MR) is 128 cm³/mol. The topological polar surface area (TPSA) is 54.8 Å². The van der Waals surface area contributed by atoms with E-state index in [1.807, 2.05) is 19.1 Å². The normalized spacial score (nSPS) is 16.2. The lowest BCUT2D eigenvalue weighted by Gasteiger charge is -2.32. The summed E-state index contributed by atoms with van der Waals surface area (Å²) >= 11 is 9.86. The Morgan fingerprint density at radius 1 is 1.16 bits per heavy atom. The van der Waals surface area contributed by atoms with Crippen LogP contribution in [-0.2, 0) is 16.6 Å². The fourth-order valence-corrected chi connectivity index (χ4v) is 6.52. The lowest BCUT2D eigenvalue weighted by molar-refractivity contribution is 0.148. The van der Waals surface area contributed by atoms with Gasteiger partial charge in [0.2, 0.25) is 0 Å². The fraction of sp³-hybridized carbons (Fsp3) is 0.364. The van der Waals surface area contributed by atoms with Gasteiger partial charge in [0.1, 0.15) is 10.6 Å². The molecule has 0 amide bonds. The van der Waals surface area contributed by atoms with Crippen molar-refractivity contribution in [3.05, 3.63) is 57.2 Å². The zero-order valence-corrected chi connectivity index (χ0v) is 20.9. The van der Waals surface area contributed by atoms with Crippen LogP contribution in [0, 0.1) is 6.92 Å². The van der Waals surface area contributed by atoms with Gasteiger partial charge in [-0.2, -0.15) is 0 Å². The van der Waals surface area contributed by atoms with E-state index < -0.39 is 10.0 Å². The van der Waals surface area contributed by atoms with Crippen molar-refractivity contribution in [3.8, 4) is 5.75 Å².